The van der Waals surface area contributed by atoms with Gasteiger partial charge >= 0.3 is 6.09 Å². The normalized spacial score (nSPS) is 10.0. The zero-order valence-corrected chi connectivity index (χ0v) is 11.3. The maximum Gasteiger partial charge on any atom is 0.407 e. The van der Waals surface area contributed by atoms with Crippen LogP contribution in [0, 0.1) is 11.6 Å². The SMILES string of the molecule is CCOC(=O)NCCN(C(C)=O)c1c(F)cccc1F. The van der Waals surface area contributed by atoms with Gasteiger partial charge in [0.25, 0.3) is 0 Å². The van der Waals surface area contributed by atoms with E-state index in [-0.39, 0.29) is 19.7 Å². The molecule has 0 aromatic heterocycles. The first-order chi connectivity index (χ1) is 9.47. The van der Waals surface area contributed by atoms with E-state index in [4.69, 9.17) is 0 Å². The molecule has 110 valence electrons. The molecular formula is C13H16F2N2O3. The Morgan fingerprint density at radius 1 is 1.30 bits per heavy atom. The Bertz CT molecular complexity index is 474. The summed E-state index contributed by atoms with van der Waals surface area (Å²) < 4.78 is 31.9. The quantitative estimate of drug-likeness (QED) is 0.901. The van der Waals surface area contributed by atoms with Crippen LogP contribution in [0.3, 0.4) is 0 Å². The zero-order chi connectivity index (χ0) is 15.1. The Morgan fingerprint density at radius 2 is 1.90 bits per heavy atom. The van der Waals surface area contributed by atoms with Crippen LogP contribution in [0.4, 0.5) is 19.3 Å². The van der Waals surface area contributed by atoms with E-state index in [9.17, 15) is 18.4 Å². The number of ether oxygens (including phenoxy) is 1. The molecule has 0 bridgehead atoms. The molecular weight excluding hydrogens is 270 g/mol. The lowest BCUT2D eigenvalue weighted by Crippen LogP contribution is -2.38. The highest BCUT2D eigenvalue weighted by Crippen LogP contribution is 2.22. The lowest BCUT2D eigenvalue weighted by Gasteiger charge is -2.22. The fourth-order valence-corrected chi connectivity index (χ4v) is 1.63. The summed E-state index contributed by atoms with van der Waals surface area (Å²) >= 11 is 0. The Labute approximate surface area is 115 Å². The summed E-state index contributed by atoms with van der Waals surface area (Å²) in [5, 5.41) is 2.38. The molecule has 0 aliphatic rings. The van der Waals surface area contributed by atoms with Gasteiger partial charge in [0.15, 0.2) is 0 Å². The summed E-state index contributed by atoms with van der Waals surface area (Å²) in [5.41, 5.74) is -0.425. The highest BCUT2D eigenvalue weighted by Gasteiger charge is 2.19. The van der Waals surface area contributed by atoms with Crippen molar-refractivity contribution in [3.8, 4) is 0 Å². The van der Waals surface area contributed by atoms with Gasteiger partial charge in [-0.3, -0.25) is 4.79 Å². The topological polar surface area (TPSA) is 58.6 Å². The van der Waals surface area contributed by atoms with Crippen LogP contribution >= 0.6 is 0 Å². The van der Waals surface area contributed by atoms with E-state index in [1.165, 1.54) is 13.0 Å². The van der Waals surface area contributed by atoms with Crippen molar-refractivity contribution in [1.29, 1.82) is 0 Å². The summed E-state index contributed by atoms with van der Waals surface area (Å²) in [7, 11) is 0. The van der Waals surface area contributed by atoms with Crippen LogP contribution in [-0.2, 0) is 9.53 Å². The number of nitrogens with zero attached hydrogens (tertiary/aromatic N) is 1. The van der Waals surface area contributed by atoms with Crippen molar-refractivity contribution in [2.24, 2.45) is 0 Å². The largest absolute Gasteiger partial charge is 0.450 e. The number of carbonyl (C=O) groups excluding carboxylic acids is 2. The molecule has 7 heteroatoms. The number of amides is 2. The molecule has 0 aliphatic heterocycles. The van der Waals surface area contributed by atoms with Gasteiger partial charge in [-0.25, -0.2) is 13.6 Å². The van der Waals surface area contributed by atoms with Crippen LogP contribution < -0.4 is 10.2 Å². The molecule has 1 rings (SSSR count). The molecule has 1 aromatic carbocycles. The van der Waals surface area contributed by atoms with Gasteiger partial charge in [0.05, 0.1) is 6.61 Å². The molecule has 0 radical (unpaired) electrons. The number of para-hydroxylation sites is 1. The van der Waals surface area contributed by atoms with Crippen LogP contribution in [0.1, 0.15) is 13.8 Å². The average Bonchev–Trinajstić information content (AvgIpc) is 2.36. The fourth-order valence-electron chi connectivity index (χ4n) is 1.63. The van der Waals surface area contributed by atoms with E-state index < -0.39 is 29.3 Å². The molecule has 0 unspecified atom stereocenters. The first kappa shape index (κ1) is 15.9. The molecule has 2 amide bonds. The number of anilines is 1. The lowest BCUT2D eigenvalue weighted by atomic mass is 10.2. The summed E-state index contributed by atoms with van der Waals surface area (Å²) in [6.07, 6.45) is -0.648. The number of hydrogen-bond donors (Lipinski definition) is 1. The number of carbonyl (C=O) groups is 2. The monoisotopic (exact) mass is 286 g/mol. The van der Waals surface area contributed by atoms with Crippen molar-refractivity contribution in [2.45, 2.75) is 13.8 Å². The van der Waals surface area contributed by atoms with E-state index in [0.29, 0.717) is 0 Å². The Hall–Kier alpha value is -2.18. The Balaban J connectivity index is 2.76. The first-order valence-electron chi connectivity index (χ1n) is 6.10. The zero-order valence-electron chi connectivity index (χ0n) is 11.3. The fraction of sp³-hybridized carbons (Fsp3) is 0.385. The third-order valence-corrected chi connectivity index (χ3v) is 2.47. The minimum atomic E-state index is -0.837. The van der Waals surface area contributed by atoms with Crippen LogP contribution in [0.5, 0.6) is 0 Å². The number of rotatable bonds is 5. The third kappa shape index (κ3) is 4.18. The van der Waals surface area contributed by atoms with Gasteiger partial charge in [-0.15, -0.1) is 0 Å². The van der Waals surface area contributed by atoms with Gasteiger partial charge in [0.1, 0.15) is 17.3 Å². The molecule has 0 aliphatic carbocycles. The summed E-state index contributed by atoms with van der Waals surface area (Å²) in [5.74, 6) is -2.20. The molecule has 20 heavy (non-hydrogen) atoms. The van der Waals surface area contributed by atoms with Gasteiger partial charge < -0.3 is 15.0 Å². The van der Waals surface area contributed by atoms with Gasteiger partial charge in [-0.1, -0.05) is 6.07 Å². The lowest BCUT2D eigenvalue weighted by molar-refractivity contribution is -0.116. The summed E-state index contributed by atoms with van der Waals surface area (Å²) in [6, 6.07) is 3.34. The minimum Gasteiger partial charge on any atom is -0.450 e. The average molecular weight is 286 g/mol. The number of alkyl carbamates (subject to hydrolysis) is 1. The van der Waals surface area contributed by atoms with Gasteiger partial charge in [-0.2, -0.15) is 0 Å². The molecule has 0 heterocycles. The summed E-state index contributed by atoms with van der Waals surface area (Å²) in [4.78, 5) is 23.5. The van der Waals surface area contributed by atoms with Crippen molar-refractivity contribution in [3.05, 3.63) is 29.8 Å². The van der Waals surface area contributed by atoms with E-state index >= 15 is 0 Å². The van der Waals surface area contributed by atoms with E-state index in [1.807, 2.05) is 0 Å². The van der Waals surface area contributed by atoms with Gasteiger partial charge in [0, 0.05) is 20.0 Å². The van der Waals surface area contributed by atoms with Crippen LogP contribution in [-0.4, -0.2) is 31.7 Å². The minimum absolute atomic E-state index is 0.0200. The first-order valence-corrected chi connectivity index (χ1v) is 6.10. The molecule has 1 aromatic rings. The van der Waals surface area contributed by atoms with Crippen molar-refractivity contribution >= 4 is 17.7 Å². The number of nitrogens with one attached hydrogen (secondary N) is 1. The smallest absolute Gasteiger partial charge is 0.407 e. The second-order valence-corrected chi connectivity index (χ2v) is 3.89. The summed E-state index contributed by atoms with van der Waals surface area (Å²) in [6.45, 7) is 3.01. The molecule has 5 nitrogen and oxygen atoms in total. The molecule has 0 spiro atoms. The number of benzene rings is 1. The second-order valence-electron chi connectivity index (χ2n) is 3.89. The van der Waals surface area contributed by atoms with Gasteiger partial charge in [-0.05, 0) is 19.1 Å². The van der Waals surface area contributed by atoms with Crippen LogP contribution in [0.15, 0.2) is 18.2 Å². The predicted molar refractivity (Wildman–Crippen MR) is 69.4 cm³/mol. The van der Waals surface area contributed by atoms with E-state index in [0.717, 1.165) is 17.0 Å². The number of halogens is 2. The Kier molecular flexibility index (Phi) is 5.89. The molecule has 0 saturated carbocycles. The third-order valence-electron chi connectivity index (χ3n) is 2.47. The molecule has 0 saturated heterocycles. The maximum atomic E-state index is 13.6. The standard InChI is InChI=1S/C13H16F2N2O3/c1-3-20-13(19)16-7-8-17(9(2)18)12-10(14)5-4-6-11(12)15/h4-6H,3,7-8H2,1-2H3,(H,16,19). The van der Waals surface area contributed by atoms with Crippen molar-refractivity contribution in [3.63, 3.8) is 0 Å². The van der Waals surface area contributed by atoms with Crippen LogP contribution in [0.2, 0.25) is 0 Å². The Morgan fingerprint density at radius 3 is 2.40 bits per heavy atom. The highest BCUT2D eigenvalue weighted by atomic mass is 19.1. The van der Waals surface area contributed by atoms with E-state index in [2.05, 4.69) is 10.1 Å². The maximum absolute atomic E-state index is 13.6. The van der Waals surface area contributed by atoms with Crippen molar-refractivity contribution in [2.75, 3.05) is 24.6 Å². The van der Waals surface area contributed by atoms with E-state index in [1.54, 1.807) is 6.92 Å². The highest BCUT2D eigenvalue weighted by molar-refractivity contribution is 5.91. The van der Waals surface area contributed by atoms with Gasteiger partial charge in [0.2, 0.25) is 5.91 Å². The number of hydrogen-bond acceptors (Lipinski definition) is 3. The molecule has 0 atom stereocenters. The van der Waals surface area contributed by atoms with Crippen molar-refractivity contribution < 1.29 is 23.1 Å². The molecule has 0 fully saturated rings. The van der Waals surface area contributed by atoms with Crippen molar-refractivity contribution in [1.82, 2.24) is 5.32 Å². The van der Waals surface area contributed by atoms with Crippen LogP contribution in [0.25, 0.3) is 0 Å². The second kappa shape index (κ2) is 7.42. The molecule has 1 N–H and O–H groups in total. The predicted octanol–water partition coefficient (Wildman–Crippen LogP) is 2.06.